The first-order valence-corrected chi connectivity index (χ1v) is 3.05. The molecule has 0 aliphatic heterocycles. The number of aliphatic hydroxyl groups is 1. The van der Waals surface area contributed by atoms with Crippen LogP contribution in [0.2, 0.25) is 0 Å². The zero-order valence-corrected chi connectivity index (χ0v) is 6.30. The largest absolute Gasteiger partial charge is 0.478 e. The van der Waals surface area contributed by atoms with E-state index in [1.807, 2.05) is 0 Å². The van der Waals surface area contributed by atoms with Gasteiger partial charge in [-0.25, -0.2) is 9.59 Å². The molecule has 0 saturated carbocycles. The number of carbonyl (C=O) groups is 4. The number of aliphatic hydroxyl groups excluding tert-OH is 1. The summed E-state index contributed by atoms with van der Waals surface area (Å²) in [5.41, 5.74) is 0. The van der Waals surface area contributed by atoms with Crippen LogP contribution in [-0.4, -0.2) is 46.9 Å². The summed E-state index contributed by atoms with van der Waals surface area (Å²) in [7, 11) is 0. The Morgan fingerprint density at radius 2 is 1.92 bits per heavy atom. The maximum absolute atomic E-state index is 10.5. The van der Waals surface area contributed by atoms with E-state index >= 15 is 0 Å². The van der Waals surface area contributed by atoms with E-state index in [0.717, 1.165) is 0 Å². The Bertz CT molecular complexity index is 243. The van der Waals surface area contributed by atoms with E-state index in [-0.39, 0.29) is 6.29 Å². The minimum absolute atomic E-state index is 0.148. The lowest BCUT2D eigenvalue weighted by atomic mass is 10.4. The smallest absolute Gasteiger partial charge is 0.378 e. The van der Waals surface area contributed by atoms with Gasteiger partial charge < -0.3 is 14.9 Å². The highest BCUT2D eigenvalue weighted by Gasteiger charge is 2.24. The summed E-state index contributed by atoms with van der Waals surface area (Å²) in [4.78, 5) is 40.9. The lowest BCUT2D eigenvalue weighted by molar-refractivity contribution is -0.168. The molecule has 1 atom stereocenters. The summed E-state index contributed by atoms with van der Waals surface area (Å²) < 4.78 is 3.90. The van der Waals surface area contributed by atoms with Gasteiger partial charge in [0.1, 0.15) is 6.61 Å². The first kappa shape index (κ1) is 11.2. The van der Waals surface area contributed by atoms with Crippen LogP contribution in [0.25, 0.3) is 0 Å². The molecule has 0 aromatic rings. The highest BCUT2D eigenvalue weighted by Crippen LogP contribution is 1.90. The molecule has 13 heavy (non-hydrogen) atoms. The van der Waals surface area contributed by atoms with Crippen LogP contribution in [-0.2, 0) is 23.9 Å². The van der Waals surface area contributed by atoms with Crippen molar-refractivity contribution in [1.29, 1.82) is 0 Å². The van der Waals surface area contributed by atoms with Gasteiger partial charge in [-0.15, -0.1) is 0 Å². The molecule has 0 heterocycles. The number of carboxylic acids is 1. The van der Waals surface area contributed by atoms with Crippen LogP contribution >= 0.6 is 0 Å². The number of carbonyl (C=O) groups excluding carboxylic acids is 3. The third-order valence-electron chi connectivity index (χ3n) is 0.972. The standard InChI is InChI=1S/C6H6O7/c7-1-3(9)6(12)13-4(2-8)5(10)11/h2,4,7H,1H2,(H,10,11). The molecule has 7 heteroatoms. The Kier molecular flexibility index (Phi) is 4.31. The van der Waals surface area contributed by atoms with Gasteiger partial charge in [0.15, 0.2) is 6.29 Å². The second-order valence-corrected chi connectivity index (χ2v) is 1.88. The molecule has 0 spiro atoms. The number of esters is 1. The maximum atomic E-state index is 10.5. The number of carboxylic acid groups (broad SMARTS) is 1. The van der Waals surface area contributed by atoms with Gasteiger partial charge >= 0.3 is 11.9 Å². The summed E-state index contributed by atoms with van der Waals surface area (Å²) in [6.07, 6.45) is -2.16. The molecule has 0 aliphatic rings. The molecule has 0 aliphatic carbocycles. The van der Waals surface area contributed by atoms with Crippen LogP contribution in [0.3, 0.4) is 0 Å². The summed E-state index contributed by atoms with van der Waals surface area (Å²) in [5.74, 6) is -4.55. The Labute approximate surface area is 71.9 Å². The Morgan fingerprint density at radius 1 is 1.38 bits per heavy atom. The van der Waals surface area contributed by atoms with Gasteiger partial charge in [-0.1, -0.05) is 0 Å². The van der Waals surface area contributed by atoms with Gasteiger partial charge in [0.05, 0.1) is 0 Å². The number of hydrogen-bond acceptors (Lipinski definition) is 6. The van der Waals surface area contributed by atoms with Gasteiger partial charge in [0.2, 0.25) is 0 Å². The van der Waals surface area contributed by atoms with Crippen molar-refractivity contribution in [3.05, 3.63) is 0 Å². The Hall–Kier alpha value is -1.76. The zero-order chi connectivity index (χ0) is 10.4. The van der Waals surface area contributed by atoms with Gasteiger partial charge in [0.25, 0.3) is 11.9 Å². The molecule has 7 nitrogen and oxygen atoms in total. The van der Waals surface area contributed by atoms with E-state index in [2.05, 4.69) is 4.74 Å². The molecule has 0 radical (unpaired) electrons. The van der Waals surface area contributed by atoms with Crippen molar-refractivity contribution in [1.82, 2.24) is 0 Å². The van der Waals surface area contributed by atoms with Gasteiger partial charge in [0, 0.05) is 0 Å². The van der Waals surface area contributed by atoms with Crippen molar-refractivity contribution in [2.24, 2.45) is 0 Å². The Balaban J connectivity index is 4.25. The van der Waals surface area contributed by atoms with Crippen LogP contribution in [0.1, 0.15) is 0 Å². The number of ketones is 1. The minimum atomic E-state index is -2.01. The molecule has 72 valence electrons. The maximum Gasteiger partial charge on any atom is 0.378 e. The average molecular weight is 190 g/mol. The lowest BCUT2D eigenvalue weighted by Crippen LogP contribution is -2.32. The van der Waals surface area contributed by atoms with Crippen LogP contribution in [0.4, 0.5) is 0 Å². The van der Waals surface area contributed by atoms with Crippen molar-refractivity contribution in [2.75, 3.05) is 6.61 Å². The quantitative estimate of drug-likeness (QED) is 0.217. The molecule has 0 bridgehead atoms. The fourth-order valence-electron chi connectivity index (χ4n) is 0.382. The number of aliphatic carboxylic acids is 1. The fraction of sp³-hybridized carbons (Fsp3) is 0.333. The molecule has 0 amide bonds. The first-order valence-electron chi connectivity index (χ1n) is 3.05. The Morgan fingerprint density at radius 3 is 2.23 bits per heavy atom. The lowest BCUT2D eigenvalue weighted by Gasteiger charge is -2.04. The SMILES string of the molecule is O=CC(OC(=O)C(=O)CO)C(=O)O. The number of ether oxygens (including phenoxy) is 1. The van der Waals surface area contributed by atoms with Gasteiger partial charge in [-0.2, -0.15) is 0 Å². The summed E-state index contributed by atoms with van der Waals surface area (Å²) >= 11 is 0. The summed E-state index contributed by atoms with van der Waals surface area (Å²) in [6.45, 7) is -1.09. The monoisotopic (exact) mass is 190 g/mol. The molecule has 1 unspecified atom stereocenters. The van der Waals surface area contributed by atoms with E-state index < -0.39 is 30.4 Å². The predicted molar refractivity (Wildman–Crippen MR) is 35.7 cm³/mol. The molecular formula is C6H6O7. The molecular weight excluding hydrogens is 184 g/mol. The van der Waals surface area contributed by atoms with Crippen LogP contribution in [0, 0.1) is 0 Å². The van der Waals surface area contributed by atoms with Crippen molar-refractivity contribution in [3.63, 3.8) is 0 Å². The summed E-state index contributed by atoms with van der Waals surface area (Å²) in [5, 5.41) is 16.3. The molecule has 2 N–H and O–H groups in total. The number of aldehydes is 1. The first-order chi connectivity index (χ1) is 6.02. The number of rotatable bonds is 5. The van der Waals surface area contributed by atoms with E-state index in [1.165, 1.54) is 0 Å². The van der Waals surface area contributed by atoms with Crippen LogP contribution < -0.4 is 0 Å². The molecule has 0 aromatic heterocycles. The molecule has 0 aromatic carbocycles. The highest BCUT2D eigenvalue weighted by atomic mass is 16.6. The van der Waals surface area contributed by atoms with E-state index in [4.69, 9.17) is 10.2 Å². The molecule has 0 saturated heterocycles. The molecule has 0 rings (SSSR count). The predicted octanol–water partition coefficient (Wildman–Crippen LogP) is -2.26. The van der Waals surface area contributed by atoms with Crippen molar-refractivity contribution in [2.45, 2.75) is 6.10 Å². The third-order valence-corrected chi connectivity index (χ3v) is 0.972. The van der Waals surface area contributed by atoms with Crippen LogP contribution in [0.5, 0.6) is 0 Å². The van der Waals surface area contributed by atoms with Crippen molar-refractivity contribution >= 4 is 24.0 Å². The number of hydrogen-bond donors (Lipinski definition) is 2. The van der Waals surface area contributed by atoms with Crippen molar-refractivity contribution < 1.29 is 34.1 Å². The normalized spacial score (nSPS) is 11.5. The highest BCUT2D eigenvalue weighted by molar-refractivity contribution is 6.34. The van der Waals surface area contributed by atoms with E-state index in [0.29, 0.717) is 0 Å². The second kappa shape index (κ2) is 4.99. The molecule has 0 fully saturated rings. The van der Waals surface area contributed by atoms with Crippen LogP contribution in [0.15, 0.2) is 0 Å². The fourth-order valence-corrected chi connectivity index (χ4v) is 0.382. The summed E-state index contributed by atoms with van der Waals surface area (Å²) in [6, 6.07) is 0. The topological polar surface area (TPSA) is 118 Å². The van der Waals surface area contributed by atoms with E-state index in [9.17, 15) is 19.2 Å². The number of Topliss-reactive ketones (excluding diaryl/α,β-unsaturated/α-hetero) is 1. The zero-order valence-electron chi connectivity index (χ0n) is 6.30. The van der Waals surface area contributed by atoms with Gasteiger partial charge in [-0.3, -0.25) is 9.59 Å². The van der Waals surface area contributed by atoms with E-state index in [1.54, 1.807) is 0 Å². The minimum Gasteiger partial charge on any atom is -0.478 e. The third kappa shape index (κ3) is 3.43. The average Bonchev–Trinajstić information content (AvgIpc) is 2.11. The second-order valence-electron chi connectivity index (χ2n) is 1.88. The van der Waals surface area contributed by atoms with Gasteiger partial charge in [-0.05, 0) is 0 Å². The van der Waals surface area contributed by atoms with Crippen molar-refractivity contribution in [3.8, 4) is 0 Å².